The van der Waals surface area contributed by atoms with Gasteiger partial charge < -0.3 is 31.9 Å². The summed E-state index contributed by atoms with van der Waals surface area (Å²) in [6.45, 7) is 4.04. The molecule has 0 aliphatic carbocycles. The number of ether oxygens (including phenoxy) is 2. The van der Waals surface area contributed by atoms with Gasteiger partial charge in [-0.15, -0.1) is 0 Å². The second kappa shape index (κ2) is 9.68. The van der Waals surface area contributed by atoms with Crippen molar-refractivity contribution in [2.75, 3.05) is 18.9 Å². The van der Waals surface area contributed by atoms with Crippen LogP contribution in [-0.2, 0) is 21.0 Å². The summed E-state index contributed by atoms with van der Waals surface area (Å²) < 4.78 is 11.9. The van der Waals surface area contributed by atoms with Gasteiger partial charge in [0.05, 0.1) is 12.9 Å². The molecule has 0 amide bonds. The number of nitrogen functional groups attached to an aromatic ring is 1. The minimum absolute atomic E-state index is 0. The third kappa shape index (κ3) is 5.49. The van der Waals surface area contributed by atoms with Crippen molar-refractivity contribution in [1.82, 2.24) is 19.5 Å². The Morgan fingerprint density at radius 3 is 2.68 bits per heavy atom. The van der Waals surface area contributed by atoms with Crippen molar-refractivity contribution in [3.8, 4) is 0 Å². The van der Waals surface area contributed by atoms with E-state index in [9.17, 15) is 9.59 Å². The quantitative estimate of drug-likeness (QED) is 0.355. The first-order chi connectivity index (χ1) is 10.9. The standard InChI is InChI=1S/C13H20N6O4.2H2O/c1-7(2)8(14)12(21)23-4-3-22-6-19-5-16-9-10(19)17-13(15)18-11(9)20;;/h5,7-8H,3-4,6,14H2,1-2H3,(H3,15,17,18,20);2*1H2/t8-;;/m0../s1. The van der Waals surface area contributed by atoms with Gasteiger partial charge >= 0.3 is 5.97 Å². The maximum Gasteiger partial charge on any atom is 0.323 e. The van der Waals surface area contributed by atoms with Gasteiger partial charge in [0.25, 0.3) is 5.56 Å². The molecule has 0 saturated carbocycles. The van der Waals surface area contributed by atoms with Gasteiger partial charge in [-0.05, 0) is 5.92 Å². The van der Waals surface area contributed by atoms with E-state index in [1.54, 1.807) is 0 Å². The third-order valence-electron chi connectivity index (χ3n) is 3.19. The Morgan fingerprint density at radius 2 is 2.04 bits per heavy atom. The van der Waals surface area contributed by atoms with Crippen molar-refractivity contribution in [3.05, 3.63) is 16.7 Å². The molecular weight excluding hydrogens is 336 g/mol. The molecule has 0 fully saturated rings. The van der Waals surface area contributed by atoms with Crippen LogP contribution in [0.5, 0.6) is 0 Å². The van der Waals surface area contributed by atoms with Gasteiger partial charge in [0.15, 0.2) is 11.2 Å². The number of carbonyl (C=O) groups is 1. The van der Waals surface area contributed by atoms with Crippen LogP contribution in [0.3, 0.4) is 0 Å². The number of nitrogens with zero attached hydrogens (tertiary/aromatic N) is 3. The van der Waals surface area contributed by atoms with E-state index < -0.39 is 17.6 Å². The average Bonchev–Trinajstić information content (AvgIpc) is 2.89. The van der Waals surface area contributed by atoms with Crippen LogP contribution in [-0.4, -0.2) is 55.7 Å². The van der Waals surface area contributed by atoms with Gasteiger partial charge in [-0.3, -0.25) is 19.1 Å². The number of nitrogens with one attached hydrogen (secondary N) is 1. The molecule has 9 N–H and O–H groups in total. The van der Waals surface area contributed by atoms with E-state index in [0.29, 0.717) is 5.65 Å². The summed E-state index contributed by atoms with van der Waals surface area (Å²) >= 11 is 0. The van der Waals surface area contributed by atoms with Gasteiger partial charge in [-0.25, -0.2) is 4.98 Å². The van der Waals surface area contributed by atoms with E-state index in [2.05, 4.69) is 15.0 Å². The average molecular weight is 360 g/mol. The van der Waals surface area contributed by atoms with E-state index in [4.69, 9.17) is 20.9 Å². The van der Waals surface area contributed by atoms with Crippen molar-refractivity contribution in [2.24, 2.45) is 11.7 Å². The minimum Gasteiger partial charge on any atom is -0.462 e. The normalized spacial score (nSPS) is 11.7. The van der Waals surface area contributed by atoms with E-state index in [1.165, 1.54) is 10.9 Å². The summed E-state index contributed by atoms with van der Waals surface area (Å²) in [6.07, 6.45) is 1.42. The molecule has 1 atom stereocenters. The number of H-pyrrole nitrogens is 1. The molecular formula is C13H24N6O6. The van der Waals surface area contributed by atoms with Crippen LogP contribution >= 0.6 is 0 Å². The molecule has 0 saturated heterocycles. The first-order valence-electron chi connectivity index (χ1n) is 7.10. The second-order valence-electron chi connectivity index (χ2n) is 5.31. The minimum atomic E-state index is -0.647. The predicted octanol–water partition coefficient (Wildman–Crippen LogP) is -2.45. The van der Waals surface area contributed by atoms with Crippen molar-refractivity contribution in [1.29, 1.82) is 0 Å². The van der Waals surface area contributed by atoms with Crippen LogP contribution in [0.4, 0.5) is 5.95 Å². The zero-order valence-electron chi connectivity index (χ0n) is 14.0. The number of nitrogens with two attached hydrogens (primary N) is 2. The van der Waals surface area contributed by atoms with E-state index in [0.717, 1.165) is 0 Å². The molecule has 12 heteroatoms. The number of carbonyl (C=O) groups excluding carboxylic acids is 1. The largest absolute Gasteiger partial charge is 0.462 e. The van der Waals surface area contributed by atoms with Gasteiger partial charge in [0, 0.05) is 0 Å². The maximum atomic E-state index is 11.6. The fraction of sp³-hybridized carbons (Fsp3) is 0.538. The molecule has 12 nitrogen and oxygen atoms in total. The number of aromatic nitrogens is 4. The van der Waals surface area contributed by atoms with Gasteiger partial charge in [0.1, 0.15) is 19.4 Å². The Morgan fingerprint density at radius 1 is 1.36 bits per heavy atom. The first kappa shape index (κ1) is 22.5. The Labute approximate surface area is 142 Å². The number of rotatable bonds is 7. The lowest BCUT2D eigenvalue weighted by Crippen LogP contribution is -2.37. The van der Waals surface area contributed by atoms with E-state index in [-0.39, 0.29) is 48.3 Å². The SMILES string of the molecule is CC(C)[C@H](N)C(=O)OCCOCn1cnc2c(=O)[nH]c(N)nc21.O.O. The number of anilines is 1. The van der Waals surface area contributed by atoms with Gasteiger partial charge in [0.2, 0.25) is 5.95 Å². The monoisotopic (exact) mass is 360 g/mol. The Hall–Kier alpha value is -2.54. The highest BCUT2D eigenvalue weighted by Crippen LogP contribution is 2.06. The number of hydrogen-bond donors (Lipinski definition) is 3. The topological polar surface area (TPSA) is 214 Å². The van der Waals surface area contributed by atoms with Crippen LogP contribution in [0.1, 0.15) is 13.8 Å². The molecule has 0 radical (unpaired) electrons. The summed E-state index contributed by atoms with van der Waals surface area (Å²) in [6, 6.07) is -0.647. The zero-order chi connectivity index (χ0) is 17.0. The van der Waals surface area contributed by atoms with Crippen molar-refractivity contribution in [3.63, 3.8) is 0 Å². The Kier molecular flexibility index (Phi) is 8.70. The third-order valence-corrected chi connectivity index (χ3v) is 3.19. The van der Waals surface area contributed by atoms with Gasteiger partial charge in [-0.2, -0.15) is 4.98 Å². The van der Waals surface area contributed by atoms with Crippen molar-refractivity contribution in [2.45, 2.75) is 26.6 Å². The number of fused-ring (bicyclic) bond motifs is 1. The smallest absolute Gasteiger partial charge is 0.323 e. The first-order valence-corrected chi connectivity index (χ1v) is 7.10. The number of esters is 1. The molecule has 2 heterocycles. The Bertz CT molecular complexity index is 742. The molecule has 2 aromatic rings. The summed E-state index contributed by atoms with van der Waals surface area (Å²) in [5.41, 5.74) is 11.2. The van der Waals surface area contributed by atoms with Crippen LogP contribution < -0.4 is 17.0 Å². The highest BCUT2D eigenvalue weighted by Gasteiger charge is 2.18. The highest BCUT2D eigenvalue weighted by molar-refractivity contribution is 5.75. The van der Waals surface area contributed by atoms with Crippen LogP contribution in [0, 0.1) is 5.92 Å². The van der Waals surface area contributed by atoms with Crippen molar-refractivity contribution >= 4 is 23.1 Å². The predicted molar refractivity (Wildman–Crippen MR) is 89.5 cm³/mol. The fourth-order valence-electron chi connectivity index (χ4n) is 1.80. The molecule has 0 bridgehead atoms. The highest BCUT2D eigenvalue weighted by atomic mass is 16.6. The molecule has 142 valence electrons. The lowest BCUT2D eigenvalue weighted by molar-refractivity contribution is -0.148. The number of hydrogen-bond acceptors (Lipinski definition) is 8. The van der Waals surface area contributed by atoms with Crippen LogP contribution in [0.25, 0.3) is 11.2 Å². The van der Waals surface area contributed by atoms with E-state index >= 15 is 0 Å². The molecule has 0 spiro atoms. The molecule has 0 aliphatic rings. The molecule has 2 rings (SSSR count). The van der Waals surface area contributed by atoms with Crippen LogP contribution in [0.15, 0.2) is 11.1 Å². The number of imidazole rings is 1. The summed E-state index contributed by atoms with van der Waals surface area (Å²) in [7, 11) is 0. The lowest BCUT2D eigenvalue weighted by atomic mass is 10.1. The Balaban J connectivity index is 0.00000288. The molecule has 0 aromatic carbocycles. The second-order valence-corrected chi connectivity index (χ2v) is 5.31. The van der Waals surface area contributed by atoms with E-state index in [1.807, 2.05) is 13.8 Å². The van der Waals surface area contributed by atoms with Crippen molar-refractivity contribution < 1.29 is 25.2 Å². The lowest BCUT2D eigenvalue weighted by Gasteiger charge is -2.14. The zero-order valence-corrected chi connectivity index (χ0v) is 14.0. The number of aromatic amines is 1. The molecule has 0 unspecified atom stereocenters. The summed E-state index contributed by atoms with van der Waals surface area (Å²) in [5, 5.41) is 0. The maximum absolute atomic E-state index is 11.6. The van der Waals surface area contributed by atoms with Gasteiger partial charge in [-0.1, -0.05) is 13.8 Å². The fourth-order valence-corrected chi connectivity index (χ4v) is 1.80. The summed E-state index contributed by atoms with van der Waals surface area (Å²) in [4.78, 5) is 33.5. The van der Waals surface area contributed by atoms with Crippen LogP contribution in [0.2, 0.25) is 0 Å². The molecule has 0 aliphatic heterocycles. The molecule has 25 heavy (non-hydrogen) atoms. The summed E-state index contributed by atoms with van der Waals surface area (Å²) in [5.74, 6) is -0.450. The molecule has 2 aromatic heterocycles.